The zero-order valence-electron chi connectivity index (χ0n) is 12.3. The molecule has 5 heteroatoms. The molecule has 1 aromatic carbocycles. The van der Waals surface area contributed by atoms with Crippen LogP contribution in [0.4, 0.5) is 5.69 Å². The standard InChI is InChI=1S/C17H16BrN3O/c1-12-3-2-7-20-17(12)22-15-6-8-21(11-15)16-5-4-14(18)9-13(16)10-19/h2-5,7,9,15H,6,8,11H2,1H3/t15-/m0/s1. The summed E-state index contributed by atoms with van der Waals surface area (Å²) in [6.07, 6.45) is 2.78. The SMILES string of the molecule is Cc1cccnc1O[C@H]1CCN(c2ccc(Br)cc2C#N)C1. The van der Waals surface area contributed by atoms with Crippen LogP contribution in [0, 0.1) is 18.3 Å². The van der Waals surface area contributed by atoms with E-state index >= 15 is 0 Å². The van der Waals surface area contributed by atoms with E-state index in [-0.39, 0.29) is 6.10 Å². The molecule has 0 amide bonds. The lowest BCUT2D eigenvalue weighted by Gasteiger charge is -2.20. The van der Waals surface area contributed by atoms with Gasteiger partial charge in [0.05, 0.1) is 17.8 Å². The van der Waals surface area contributed by atoms with Crippen LogP contribution in [-0.4, -0.2) is 24.2 Å². The lowest BCUT2D eigenvalue weighted by molar-refractivity contribution is 0.214. The highest BCUT2D eigenvalue weighted by molar-refractivity contribution is 9.10. The summed E-state index contributed by atoms with van der Waals surface area (Å²) in [5.41, 5.74) is 2.70. The van der Waals surface area contributed by atoms with Crippen LogP contribution >= 0.6 is 15.9 Å². The average molecular weight is 358 g/mol. The van der Waals surface area contributed by atoms with Crippen LogP contribution < -0.4 is 9.64 Å². The molecule has 0 unspecified atom stereocenters. The summed E-state index contributed by atoms with van der Waals surface area (Å²) in [5.74, 6) is 0.700. The summed E-state index contributed by atoms with van der Waals surface area (Å²) in [7, 11) is 0. The van der Waals surface area contributed by atoms with E-state index in [1.54, 1.807) is 6.20 Å². The molecule has 3 rings (SSSR count). The molecule has 0 N–H and O–H groups in total. The van der Waals surface area contributed by atoms with Crippen molar-refractivity contribution in [1.82, 2.24) is 4.98 Å². The van der Waals surface area contributed by atoms with Gasteiger partial charge in [-0.2, -0.15) is 5.26 Å². The molecule has 0 radical (unpaired) electrons. The highest BCUT2D eigenvalue weighted by Gasteiger charge is 2.26. The second-order valence-electron chi connectivity index (χ2n) is 5.37. The van der Waals surface area contributed by atoms with Gasteiger partial charge in [0.25, 0.3) is 0 Å². The fourth-order valence-electron chi connectivity index (χ4n) is 2.67. The third kappa shape index (κ3) is 3.07. The molecule has 1 fully saturated rings. The first kappa shape index (κ1) is 14.9. The Bertz CT molecular complexity index is 726. The molecular formula is C17H16BrN3O. The van der Waals surface area contributed by atoms with Crippen LogP contribution in [-0.2, 0) is 0 Å². The lowest BCUT2D eigenvalue weighted by Crippen LogP contribution is -2.25. The quantitative estimate of drug-likeness (QED) is 0.840. The van der Waals surface area contributed by atoms with Crippen molar-refractivity contribution in [2.75, 3.05) is 18.0 Å². The molecule has 0 saturated carbocycles. The van der Waals surface area contributed by atoms with Crippen molar-refractivity contribution >= 4 is 21.6 Å². The van der Waals surface area contributed by atoms with Crippen molar-refractivity contribution in [2.45, 2.75) is 19.4 Å². The molecule has 1 atom stereocenters. The number of nitriles is 1. The Morgan fingerprint density at radius 3 is 3.05 bits per heavy atom. The summed E-state index contributed by atoms with van der Waals surface area (Å²) in [6, 6.07) is 12.0. The Hall–Kier alpha value is -2.06. The zero-order chi connectivity index (χ0) is 15.5. The van der Waals surface area contributed by atoms with Crippen molar-refractivity contribution in [3.05, 3.63) is 52.1 Å². The fraction of sp³-hybridized carbons (Fsp3) is 0.294. The summed E-state index contributed by atoms with van der Waals surface area (Å²) in [6.45, 7) is 3.65. The molecule has 112 valence electrons. The van der Waals surface area contributed by atoms with Gasteiger partial charge in [0.15, 0.2) is 0 Å². The van der Waals surface area contributed by atoms with E-state index in [2.05, 4.69) is 31.9 Å². The van der Waals surface area contributed by atoms with Crippen LogP contribution in [0.3, 0.4) is 0 Å². The number of anilines is 1. The first-order valence-corrected chi connectivity index (χ1v) is 7.99. The maximum absolute atomic E-state index is 9.30. The smallest absolute Gasteiger partial charge is 0.216 e. The monoisotopic (exact) mass is 357 g/mol. The van der Waals surface area contributed by atoms with Gasteiger partial charge in [-0.3, -0.25) is 0 Å². The second-order valence-corrected chi connectivity index (χ2v) is 6.29. The normalized spacial score (nSPS) is 17.3. The summed E-state index contributed by atoms with van der Waals surface area (Å²) in [4.78, 5) is 6.49. The van der Waals surface area contributed by atoms with Crippen molar-refractivity contribution in [1.29, 1.82) is 5.26 Å². The Balaban J connectivity index is 1.73. The summed E-state index contributed by atoms with van der Waals surface area (Å²) >= 11 is 3.41. The van der Waals surface area contributed by atoms with Gasteiger partial charge in [-0.1, -0.05) is 22.0 Å². The van der Waals surface area contributed by atoms with Crippen LogP contribution in [0.5, 0.6) is 5.88 Å². The van der Waals surface area contributed by atoms with E-state index in [1.807, 2.05) is 37.3 Å². The first-order chi connectivity index (χ1) is 10.7. The number of aryl methyl sites for hydroxylation is 1. The molecule has 4 nitrogen and oxygen atoms in total. The Labute approximate surface area is 138 Å². The summed E-state index contributed by atoms with van der Waals surface area (Å²) < 4.78 is 6.93. The van der Waals surface area contributed by atoms with Gasteiger partial charge in [0, 0.05) is 29.2 Å². The van der Waals surface area contributed by atoms with Crippen LogP contribution in [0.1, 0.15) is 17.5 Å². The minimum atomic E-state index is 0.101. The van der Waals surface area contributed by atoms with E-state index in [4.69, 9.17) is 4.74 Å². The molecule has 1 aliphatic heterocycles. The number of ether oxygens (including phenoxy) is 1. The largest absolute Gasteiger partial charge is 0.472 e. The molecule has 0 bridgehead atoms. The Morgan fingerprint density at radius 1 is 1.41 bits per heavy atom. The number of rotatable bonds is 3. The number of halogens is 1. The average Bonchev–Trinajstić information content (AvgIpc) is 2.98. The molecule has 22 heavy (non-hydrogen) atoms. The highest BCUT2D eigenvalue weighted by Crippen LogP contribution is 2.28. The van der Waals surface area contributed by atoms with Crippen LogP contribution in [0.15, 0.2) is 41.0 Å². The highest BCUT2D eigenvalue weighted by atomic mass is 79.9. The maximum atomic E-state index is 9.30. The van der Waals surface area contributed by atoms with Gasteiger partial charge in [0.1, 0.15) is 12.2 Å². The third-order valence-electron chi connectivity index (χ3n) is 3.80. The van der Waals surface area contributed by atoms with Crippen molar-refractivity contribution in [3.8, 4) is 11.9 Å². The Kier molecular flexibility index (Phi) is 4.30. The predicted molar refractivity (Wildman–Crippen MR) is 89.1 cm³/mol. The Morgan fingerprint density at radius 2 is 2.27 bits per heavy atom. The van der Waals surface area contributed by atoms with Gasteiger partial charge in [-0.05, 0) is 31.2 Å². The van der Waals surface area contributed by atoms with Crippen molar-refractivity contribution in [3.63, 3.8) is 0 Å². The zero-order valence-corrected chi connectivity index (χ0v) is 13.9. The lowest BCUT2D eigenvalue weighted by atomic mass is 10.2. The molecular weight excluding hydrogens is 342 g/mol. The van der Waals surface area contributed by atoms with Crippen molar-refractivity contribution < 1.29 is 4.74 Å². The number of hydrogen-bond donors (Lipinski definition) is 0. The van der Waals surface area contributed by atoms with E-state index in [0.717, 1.165) is 35.2 Å². The minimum absolute atomic E-state index is 0.101. The van der Waals surface area contributed by atoms with Crippen molar-refractivity contribution in [2.24, 2.45) is 0 Å². The fourth-order valence-corrected chi connectivity index (χ4v) is 3.03. The van der Waals surface area contributed by atoms with Gasteiger partial charge in [-0.15, -0.1) is 0 Å². The molecule has 2 aromatic rings. The molecule has 1 aliphatic rings. The number of aromatic nitrogens is 1. The predicted octanol–water partition coefficient (Wildman–Crippen LogP) is 3.68. The van der Waals surface area contributed by atoms with Crippen LogP contribution in [0.2, 0.25) is 0 Å². The number of hydrogen-bond acceptors (Lipinski definition) is 4. The molecule has 1 aromatic heterocycles. The van der Waals surface area contributed by atoms with E-state index in [1.165, 1.54) is 0 Å². The van der Waals surface area contributed by atoms with E-state index < -0.39 is 0 Å². The second kappa shape index (κ2) is 6.37. The van der Waals surface area contributed by atoms with Gasteiger partial charge in [-0.25, -0.2) is 4.98 Å². The van der Waals surface area contributed by atoms with E-state index in [9.17, 15) is 5.26 Å². The molecule has 0 spiro atoms. The maximum Gasteiger partial charge on any atom is 0.216 e. The molecule has 2 heterocycles. The number of pyridine rings is 1. The molecule has 1 saturated heterocycles. The first-order valence-electron chi connectivity index (χ1n) is 7.20. The number of nitrogens with zero attached hydrogens (tertiary/aromatic N) is 3. The van der Waals surface area contributed by atoms with Gasteiger partial charge in [0.2, 0.25) is 5.88 Å². The summed E-state index contributed by atoms with van der Waals surface area (Å²) in [5, 5.41) is 9.30. The van der Waals surface area contributed by atoms with E-state index in [0.29, 0.717) is 11.4 Å². The van der Waals surface area contributed by atoms with Gasteiger partial charge >= 0.3 is 0 Å². The topological polar surface area (TPSA) is 49.1 Å². The number of benzene rings is 1. The third-order valence-corrected chi connectivity index (χ3v) is 4.30. The minimum Gasteiger partial charge on any atom is -0.472 e. The van der Waals surface area contributed by atoms with Gasteiger partial charge < -0.3 is 9.64 Å². The molecule has 0 aliphatic carbocycles. The van der Waals surface area contributed by atoms with Crippen LogP contribution in [0.25, 0.3) is 0 Å².